The van der Waals surface area contributed by atoms with Crippen LogP contribution in [0.1, 0.15) is 32.2 Å². The Kier molecular flexibility index (Phi) is 3.53. The fraction of sp³-hybridized carbons (Fsp3) is 0.400. The van der Waals surface area contributed by atoms with Crippen molar-refractivity contribution in [1.29, 1.82) is 0 Å². The number of rotatable bonds is 3. The van der Waals surface area contributed by atoms with Gasteiger partial charge in [0.1, 0.15) is 5.82 Å². The van der Waals surface area contributed by atoms with Crippen molar-refractivity contribution in [3.63, 3.8) is 0 Å². The fourth-order valence-corrected chi connectivity index (χ4v) is 2.01. The molecular weight excluding hydrogens is 222 g/mol. The van der Waals surface area contributed by atoms with E-state index in [9.17, 15) is 0 Å². The molecule has 1 aromatic carbocycles. The Hall–Kier alpha value is -1.61. The van der Waals surface area contributed by atoms with Crippen LogP contribution >= 0.6 is 0 Å². The van der Waals surface area contributed by atoms with E-state index in [1.54, 1.807) is 0 Å². The van der Waals surface area contributed by atoms with Gasteiger partial charge in [-0.2, -0.15) is 0 Å². The quantitative estimate of drug-likeness (QED) is 0.900. The standard InChI is InChI=1S/C15H21N3/c1-15(2,3)12-4-6-13(7-5-12)18-11-10-17-14(18)8-9-16/h4-7,10-11H,8-9,16H2,1-3H3. The molecule has 3 nitrogen and oxygen atoms in total. The molecule has 0 spiro atoms. The second-order valence-corrected chi connectivity index (χ2v) is 5.55. The largest absolute Gasteiger partial charge is 0.330 e. The van der Waals surface area contributed by atoms with E-state index in [4.69, 9.17) is 5.73 Å². The minimum Gasteiger partial charge on any atom is -0.330 e. The van der Waals surface area contributed by atoms with Crippen LogP contribution < -0.4 is 5.73 Å². The molecule has 0 aliphatic heterocycles. The molecule has 0 amide bonds. The van der Waals surface area contributed by atoms with E-state index in [1.165, 1.54) is 5.56 Å². The summed E-state index contributed by atoms with van der Waals surface area (Å²) in [5, 5.41) is 0. The number of imidazole rings is 1. The van der Waals surface area contributed by atoms with Crippen LogP contribution in [0.2, 0.25) is 0 Å². The first-order valence-corrected chi connectivity index (χ1v) is 6.35. The van der Waals surface area contributed by atoms with Gasteiger partial charge in [0.05, 0.1) is 0 Å². The Morgan fingerprint density at radius 2 is 1.83 bits per heavy atom. The van der Waals surface area contributed by atoms with Crippen molar-refractivity contribution < 1.29 is 0 Å². The van der Waals surface area contributed by atoms with Crippen LogP contribution in [0.5, 0.6) is 0 Å². The zero-order valence-electron chi connectivity index (χ0n) is 11.4. The lowest BCUT2D eigenvalue weighted by Crippen LogP contribution is -2.11. The van der Waals surface area contributed by atoms with Gasteiger partial charge in [0.2, 0.25) is 0 Å². The van der Waals surface area contributed by atoms with Crippen LogP contribution in [0.3, 0.4) is 0 Å². The van der Waals surface area contributed by atoms with Crippen molar-refractivity contribution in [2.45, 2.75) is 32.6 Å². The first-order chi connectivity index (χ1) is 8.52. The summed E-state index contributed by atoms with van der Waals surface area (Å²) < 4.78 is 2.10. The highest BCUT2D eigenvalue weighted by Crippen LogP contribution is 2.23. The van der Waals surface area contributed by atoms with Crippen LogP contribution in [0, 0.1) is 0 Å². The molecular formula is C15H21N3. The van der Waals surface area contributed by atoms with Gasteiger partial charge in [0.25, 0.3) is 0 Å². The van der Waals surface area contributed by atoms with Crippen molar-refractivity contribution in [2.75, 3.05) is 6.54 Å². The lowest BCUT2D eigenvalue weighted by atomic mass is 9.87. The fourth-order valence-electron chi connectivity index (χ4n) is 2.01. The number of hydrogen-bond acceptors (Lipinski definition) is 2. The maximum Gasteiger partial charge on any atom is 0.114 e. The number of benzene rings is 1. The van der Waals surface area contributed by atoms with Gasteiger partial charge in [-0.1, -0.05) is 32.9 Å². The lowest BCUT2D eigenvalue weighted by Gasteiger charge is -2.19. The summed E-state index contributed by atoms with van der Waals surface area (Å²) >= 11 is 0. The maximum atomic E-state index is 5.59. The Morgan fingerprint density at radius 3 is 2.39 bits per heavy atom. The smallest absolute Gasteiger partial charge is 0.114 e. The third-order valence-corrected chi connectivity index (χ3v) is 3.10. The van der Waals surface area contributed by atoms with E-state index >= 15 is 0 Å². The molecule has 1 aromatic heterocycles. The second-order valence-electron chi connectivity index (χ2n) is 5.55. The number of nitrogens with two attached hydrogens (primary N) is 1. The van der Waals surface area contributed by atoms with Gasteiger partial charge in [-0.25, -0.2) is 4.98 Å². The topological polar surface area (TPSA) is 43.8 Å². The first-order valence-electron chi connectivity index (χ1n) is 6.35. The van der Waals surface area contributed by atoms with Gasteiger partial charge >= 0.3 is 0 Å². The van der Waals surface area contributed by atoms with Gasteiger partial charge in [0.15, 0.2) is 0 Å². The van der Waals surface area contributed by atoms with Crippen LogP contribution in [0.15, 0.2) is 36.7 Å². The zero-order chi connectivity index (χ0) is 13.2. The minimum absolute atomic E-state index is 0.188. The van der Waals surface area contributed by atoms with E-state index in [0.717, 1.165) is 17.9 Å². The molecule has 2 N–H and O–H groups in total. The SMILES string of the molecule is CC(C)(C)c1ccc(-n2ccnc2CCN)cc1. The van der Waals surface area contributed by atoms with E-state index in [0.29, 0.717) is 6.54 Å². The van der Waals surface area contributed by atoms with E-state index in [-0.39, 0.29) is 5.41 Å². The lowest BCUT2D eigenvalue weighted by molar-refractivity contribution is 0.590. The van der Waals surface area contributed by atoms with Crippen LogP contribution in [0.25, 0.3) is 5.69 Å². The van der Waals surface area contributed by atoms with Crippen molar-refractivity contribution in [2.24, 2.45) is 5.73 Å². The number of nitrogens with zero attached hydrogens (tertiary/aromatic N) is 2. The zero-order valence-corrected chi connectivity index (χ0v) is 11.4. The minimum atomic E-state index is 0.188. The third kappa shape index (κ3) is 2.62. The third-order valence-electron chi connectivity index (χ3n) is 3.10. The summed E-state index contributed by atoms with van der Waals surface area (Å²) in [6.45, 7) is 7.29. The molecule has 0 fully saturated rings. The Bertz CT molecular complexity index is 503. The highest BCUT2D eigenvalue weighted by Gasteiger charge is 2.13. The molecule has 0 bridgehead atoms. The maximum absolute atomic E-state index is 5.59. The molecule has 0 aliphatic rings. The van der Waals surface area contributed by atoms with Crippen molar-refractivity contribution in [3.05, 3.63) is 48.0 Å². The van der Waals surface area contributed by atoms with Crippen molar-refractivity contribution in [3.8, 4) is 5.69 Å². The average Bonchev–Trinajstić information content (AvgIpc) is 2.77. The molecule has 2 rings (SSSR count). The van der Waals surface area contributed by atoms with Gasteiger partial charge < -0.3 is 10.3 Å². The molecule has 0 aliphatic carbocycles. The first kappa shape index (κ1) is 12.8. The predicted molar refractivity (Wildman–Crippen MR) is 75.0 cm³/mol. The molecule has 0 radical (unpaired) electrons. The van der Waals surface area contributed by atoms with E-state index < -0.39 is 0 Å². The molecule has 96 valence electrons. The number of hydrogen-bond donors (Lipinski definition) is 1. The average molecular weight is 243 g/mol. The van der Waals surface area contributed by atoms with Gasteiger partial charge in [0, 0.05) is 24.5 Å². The van der Waals surface area contributed by atoms with Crippen LogP contribution in [-0.2, 0) is 11.8 Å². The Morgan fingerprint density at radius 1 is 1.17 bits per heavy atom. The summed E-state index contributed by atoms with van der Waals surface area (Å²) in [7, 11) is 0. The van der Waals surface area contributed by atoms with Crippen LogP contribution in [-0.4, -0.2) is 16.1 Å². The normalized spacial score (nSPS) is 11.8. The van der Waals surface area contributed by atoms with E-state index in [2.05, 4.69) is 54.6 Å². The summed E-state index contributed by atoms with van der Waals surface area (Å²) in [6.07, 6.45) is 4.60. The molecule has 3 heteroatoms. The molecule has 1 heterocycles. The highest BCUT2D eigenvalue weighted by atomic mass is 15.1. The summed E-state index contributed by atoms with van der Waals surface area (Å²) in [5.41, 5.74) is 8.26. The van der Waals surface area contributed by atoms with Gasteiger partial charge in [-0.3, -0.25) is 0 Å². The van der Waals surface area contributed by atoms with Crippen molar-refractivity contribution >= 4 is 0 Å². The van der Waals surface area contributed by atoms with Gasteiger partial charge in [-0.05, 0) is 29.7 Å². The molecule has 2 aromatic rings. The van der Waals surface area contributed by atoms with Crippen LogP contribution in [0.4, 0.5) is 0 Å². The molecule has 0 atom stereocenters. The van der Waals surface area contributed by atoms with Crippen molar-refractivity contribution in [1.82, 2.24) is 9.55 Å². The summed E-state index contributed by atoms with van der Waals surface area (Å²) in [6, 6.07) is 8.65. The predicted octanol–water partition coefficient (Wildman–Crippen LogP) is 2.67. The molecule has 0 saturated carbocycles. The second kappa shape index (κ2) is 4.94. The highest BCUT2D eigenvalue weighted by molar-refractivity contribution is 5.38. The Balaban J connectivity index is 2.32. The monoisotopic (exact) mass is 243 g/mol. The molecule has 0 unspecified atom stereocenters. The molecule has 18 heavy (non-hydrogen) atoms. The van der Waals surface area contributed by atoms with E-state index in [1.807, 2.05) is 12.4 Å². The van der Waals surface area contributed by atoms with Gasteiger partial charge in [-0.15, -0.1) is 0 Å². The molecule has 0 saturated heterocycles. The Labute approximate surface area is 109 Å². The summed E-state index contributed by atoms with van der Waals surface area (Å²) in [4.78, 5) is 4.34. The number of aromatic nitrogens is 2. The summed E-state index contributed by atoms with van der Waals surface area (Å²) in [5.74, 6) is 1.01.